The number of hydrogen-bond donors (Lipinski definition) is 6. The molecule has 18 nitrogen and oxygen atoms in total. The molecule has 0 bridgehead atoms. The number of carboxylic acid groups (broad SMARTS) is 6. The first kappa shape index (κ1) is 41.0. The minimum atomic E-state index is -1.13. The van der Waals surface area contributed by atoms with Gasteiger partial charge in [0.05, 0.1) is 39.3 Å². The fraction of sp³-hybridized carbons (Fsp3) is 0.750. The Kier molecular flexibility index (Phi) is 21.5. The molecule has 1 aliphatic heterocycles. The molecule has 0 unspecified atom stereocenters. The fourth-order valence-corrected chi connectivity index (χ4v) is 4.46. The van der Waals surface area contributed by atoms with E-state index in [4.69, 9.17) is 0 Å². The van der Waals surface area contributed by atoms with Gasteiger partial charge in [-0.05, 0) is 0 Å². The minimum absolute atomic E-state index is 0. The fourth-order valence-electron chi connectivity index (χ4n) is 4.46. The minimum Gasteiger partial charge on any atom is -0.480 e. The van der Waals surface area contributed by atoms with Crippen molar-refractivity contribution in [2.45, 2.75) is 0 Å². The molecule has 1 fully saturated rings. The van der Waals surface area contributed by atoms with Crippen molar-refractivity contribution in [1.82, 2.24) is 29.4 Å². The monoisotopic (exact) mass is 831 g/mol. The molecular formula is C24H42AcN6O12. The topological polar surface area (TPSA) is 243 Å². The van der Waals surface area contributed by atoms with E-state index in [1.54, 1.807) is 29.4 Å². The maximum absolute atomic E-state index is 11.5. The molecule has 1 saturated heterocycles. The van der Waals surface area contributed by atoms with Crippen LogP contribution in [0, 0.1) is 44.1 Å². The van der Waals surface area contributed by atoms with Gasteiger partial charge >= 0.3 is 35.8 Å². The van der Waals surface area contributed by atoms with Crippen LogP contribution >= 0.6 is 0 Å². The normalized spacial score (nSPS) is 19.0. The summed E-state index contributed by atoms with van der Waals surface area (Å²) in [7, 11) is 0. The molecule has 243 valence electrons. The van der Waals surface area contributed by atoms with Crippen LogP contribution in [0.15, 0.2) is 0 Å². The van der Waals surface area contributed by atoms with Crippen LogP contribution in [0.5, 0.6) is 0 Å². The average Bonchev–Trinajstić information content (AvgIpc) is 2.85. The van der Waals surface area contributed by atoms with Crippen molar-refractivity contribution in [2.24, 2.45) is 0 Å². The van der Waals surface area contributed by atoms with Crippen molar-refractivity contribution in [2.75, 3.05) is 118 Å². The molecule has 43 heavy (non-hydrogen) atoms. The summed E-state index contributed by atoms with van der Waals surface area (Å²) in [5.74, 6) is -6.76. The summed E-state index contributed by atoms with van der Waals surface area (Å²) in [4.78, 5) is 78.1. The van der Waals surface area contributed by atoms with Gasteiger partial charge in [0.15, 0.2) is 0 Å². The van der Waals surface area contributed by atoms with Gasteiger partial charge in [0.1, 0.15) is 0 Å². The van der Waals surface area contributed by atoms with Gasteiger partial charge in [-0.1, -0.05) is 0 Å². The third-order valence-electron chi connectivity index (χ3n) is 6.55. The van der Waals surface area contributed by atoms with E-state index in [0.29, 0.717) is 0 Å². The standard InChI is InChI=1S/C24H42N6O12.Ac/c31-19(32)13-25-1-2-26(14-20(33)34)5-6-28(16-22(37)38)9-10-30(18-24(41)42)12-11-29(17-23(39)40)8-7-27(4-3-25)15-21(35)36;/h1-18H2,(H,31,32)(H,33,34)(H,35,36)(H,37,38)(H,39,40)(H,41,42);/i;1-2. The van der Waals surface area contributed by atoms with E-state index in [-0.39, 0.29) is 162 Å². The van der Waals surface area contributed by atoms with Crippen LogP contribution in [-0.4, -0.2) is 214 Å². The van der Waals surface area contributed by atoms with Crippen molar-refractivity contribution < 1.29 is 103 Å². The number of nitrogens with zero attached hydrogens (tertiary/aromatic N) is 6. The first-order valence-corrected chi connectivity index (χ1v) is 13.4. The van der Waals surface area contributed by atoms with Crippen molar-refractivity contribution >= 4 is 35.8 Å². The number of hydrogen-bond acceptors (Lipinski definition) is 12. The summed E-state index contributed by atoms with van der Waals surface area (Å²) in [6.45, 7) is -0.634. The van der Waals surface area contributed by atoms with E-state index < -0.39 is 35.8 Å². The van der Waals surface area contributed by atoms with Gasteiger partial charge in [-0.3, -0.25) is 58.2 Å². The molecule has 0 aromatic rings. The molecule has 0 spiro atoms. The molecule has 6 N–H and O–H groups in total. The largest absolute Gasteiger partial charge is 0.480 e. The molecule has 0 aliphatic carbocycles. The third kappa shape index (κ3) is 21.4. The molecule has 0 aromatic carbocycles. The molecule has 1 radical (unpaired) electrons. The zero-order chi connectivity index (χ0) is 31.7. The molecule has 19 heteroatoms. The predicted molar refractivity (Wildman–Crippen MR) is 144 cm³/mol. The van der Waals surface area contributed by atoms with Crippen LogP contribution < -0.4 is 0 Å². The Hall–Kier alpha value is -1.98. The van der Waals surface area contributed by atoms with E-state index in [1.807, 2.05) is 0 Å². The van der Waals surface area contributed by atoms with Crippen molar-refractivity contribution in [3.8, 4) is 0 Å². The Bertz CT molecular complexity index is 719. The second kappa shape index (κ2) is 22.5. The summed E-state index contributed by atoms with van der Waals surface area (Å²) in [5, 5.41) is 56.3. The zero-order valence-electron chi connectivity index (χ0n) is 24.1. The van der Waals surface area contributed by atoms with Gasteiger partial charge in [0.2, 0.25) is 0 Å². The van der Waals surface area contributed by atoms with E-state index in [2.05, 4.69) is 0 Å². The maximum Gasteiger partial charge on any atom is 0.317 e. The molecule has 1 heterocycles. The Morgan fingerprint density at radius 2 is 0.395 bits per heavy atom. The second-order valence-electron chi connectivity index (χ2n) is 10.0. The van der Waals surface area contributed by atoms with E-state index in [9.17, 15) is 59.4 Å². The Morgan fingerprint density at radius 1 is 0.302 bits per heavy atom. The van der Waals surface area contributed by atoms with Gasteiger partial charge < -0.3 is 30.6 Å². The molecule has 0 amide bonds. The van der Waals surface area contributed by atoms with E-state index >= 15 is 0 Å². The second-order valence-corrected chi connectivity index (χ2v) is 10.0. The van der Waals surface area contributed by atoms with Crippen LogP contribution in [0.25, 0.3) is 0 Å². The van der Waals surface area contributed by atoms with Crippen molar-refractivity contribution in [3.05, 3.63) is 0 Å². The van der Waals surface area contributed by atoms with Crippen molar-refractivity contribution in [1.29, 1.82) is 0 Å². The summed E-state index contributed by atoms with van der Waals surface area (Å²) in [6, 6.07) is 0. The summed E-state index contributed by atoms with van der Waals surface area (Å²) in [6.07, 6.45) is 0. The van der Waals surface area contributed by atoms with E-state index in [1.165, 1.54) is 0 Å². The van der Waals surface area contributed by atoms with E-state index in [0.717, 1.165) is 0 Å². The first-order valence-electron chi connectivity index (χ1n) is 13.4. The Morgan fingerprint density at radius 3 is 0.465 bits per heavy atom. The van der Waals surface area contributed by atoms with Crippen LogP contribution in [-0.2, 0) is 28.8 Å². The number of rotatable bonds is 12. The quantitative estimate of drug-likeness (QED) is 0.111. The SMILES string of the molecule is O=C(O)CN1CCN(CC(=O)O)CCN(CC(=O)O)CCN(CC(=O)O)CCN(CC(=O)O)CCN(CC(=O)O)CC1.[225Ac]. The summed E-state index contributed by atoms with van der Waals surface area (Å²) in [5.41, 5.74) is 0. The van der Waals surface area contributed by atoms with Gasteiger partial charge in [-0.25, -0.2) is 0 Å². The molecule has 1 rings (SSSR count). The molecular weight excluding hydrogens is 789 g/mol. The van der Waals surface area contributed by atoms with Gasteiger partial charge in [0.25, 0.3) is 0 Å². The van der Waals surface area contributed by atoms with Gasteiger partial charge in [-0.15, -0.1) is 0 Å². The van der Waals surface area contributed by atoms with Crippen LogP contribution in [0.2, 0.25) is 0 Å². The van der Waals surface area contributed by atoms with Gasteiger partial charge in [0, 0.05) is 123 Å². The summed E-state index contributed by atoms with van der Waals surface area (Å²) >= 11 is 0. The Labute approximate surface area is 284 Å². The molecule has 0 atom stereocenters. The van der Waals surface area contributed by atoms with Crippen LogP contribution in [0.1, 0.15) is 0 Å². The van der Waals surface area contributed by atoms with Crippen LogP contribution in [0.4, 0.5) is 0 Å². The molecule has 0 aromatic heterocycles. The zero-order valence-corrected chi connectivity index (χ0v) is 28.9. The molecule has 0 saturated carbocycles. The Balaban J connectivity index is 0.0000176. The number of aliphatic carboxylic acids is 6. The summed E-state index contributed by atoms with van der Waals surface area (Å²) < 4.78 is 0. The third-order valence-corrected chi connectivity index (χ3v) is 6.55. The predicted octanol–water partition coefficient (Wildman–Crippen LogP) is -3.68. The smallest absolute Gasteiger partial charge is 0.317 e. The maximum atomic E-state index is 11.5. The first-order chi connectivity index (χ1) is 19.7. The van der Waals surface area contributed by atoms with Crippen molar-refractivity contribution in [3.63, 3.8) is 0 Å². The number of carbonyl (C=O) groups is 6. The van der Waals surface area contributed by atoms with Crippen LogP contribution in [0.3, 0.4) is 0 Å². The van der Waals surface area contributed by atoms with Gasteiger partial charge in [-0.2, -0.15) is 0 Å². The number of carboxylic acids is 6. The molecule has 1 aliphatic rings. The average molecular weight is 832 g/mol.